The van der Waals surface area contributed by atoms with Crippen LogP contribution in [0, 0.1) is 6.92 Å². The van der Waals surface area contributed by atoms with Crippen molar-refractivity contribution in [3.05, 3.63) is 149 Å². The van der Waals surface area contributed by atoms with Crippen LogP contribution < -0.4 is 5.32 Å². The zero-order valence-corrected chi connectivity index (χ0v) is 21.5. The van der Waals surface area contributed by atoms with E-state index in [2.05, 4.69) is 58.4 Å². The lowest BCUT2D eigenvalue weighted by Gasteiger charge is -2.18. The maximum absolute atomic E-state index is 13.5. The van der Waals surface area contributed by atoms with Crippen molar-refractivity contribution < 1.29 is 4.79 Å². The number of carbonyl (C=O) groups excluding carboxylic acids is 1. The van der Waals surface area contributed by atoms with Crippen LogP contribution in [0.2, 0.25) is 5.02 Å². The van der Waals surface area contributed by atoms with Gasteiger partial charge < -0.3 is 9.88 Å². The van der Waals surface area contributed by atoms with E-state index in [-0.39, 0.29) is 11.8 Å². The molecule has 4 aromatic carbocycles. The quantitative estimate of drug-likeness (QED) is 0.228. The molecule has 5 aromatic rings. The Balaban J connectivity index is 1.42. The molecule has 3 nitrogen and oxygen atoms in total. The van der Waals surface area contributed by atoms with Gasteiger partial charge >= 0.3 is 0 Å². The van der Waals surface area contributed by atoms with E-state index < -0.39 is 0 Å². The number of nitrogens with zero attached hydrogens (tertiary/aromatic N) is 1. The molecule has 0 radical (unpaired) electrons. The highest BCUT2D eigenvalue weighted by Gasteiger charge is 2.21. The van der Waals surface area contributed by atoms with Gasteiger partial charge in [-0.1, -0.05) is 115 Å². The Morgan fingerprint density at radius 3 is 1.92 bits per heavy atom. The lowest BCUT2D eigenvalue weighted by atomic mass is 9.88. The van der Waals surface area contributed by atoms with E-state index in [4.69, 9.17) is 11.6 Å². The Bertz CT molecular complexity index is 1440. The molecule has 0 spiro atoms. The molecule has 0 atom stereocenters. The summed E-state index contributed by atoms with van der Waals surface area (Å²) >= 11 is 6.59. The van der Waals surface area contributed by atoms with Crippen LogP contribution in [-0.2, 0) is 0 Å². The van der Waals surface area contributed by atoms with E-state index in [0.29, 0.717) is 17.1 Å². The summed E-state index contributed by atoms with van der Waals surface area (Å²) in [7, 11) is 0. The lowest BCUT2D eigenvalue weighted by molar-refractivity contribution is 0.0952. The topological polar surface area (TPSA) is 34.0 Å². The standard InChI is InChI=1S/C33H29ClN2O/c1-24-29(23-32(27-17-9-4-10-18-27)36(24)31-20-12-11-19-30(31)34)33(37)35-22-21-28(25-13-5-2-6-14-25)26-15-7-3-8-16-26/h2-20,23,28H,21-22H2,1H3,(H,35,37). The van der Waals surface area contributed by atoms with E-state index in [1.807, 2.05) is 79.7 Å². The zero-order valence-electron chi connectivity index (χ0n) is 20.8. The number of para-hydroxylation sites is 1. The number of rotatable bonds is 8. The SMILES string of the molecule is Cc1c(C(=O)NCCC(c2ccccc2)c2ccccc2)cc(-c2ccccc2)n1-c1ccccc1Cl. The Morgan fingerprint density at radius 2 is 1.32 bits per heavy atom. The van der Waals surface area contributed by atoms with Gasteiger partial charge in [-0.05, 0) is 48.2 Å². The number of nitrogens with one attached hydrogen (secondary N) is 1. The first-order chi connectivity index (χ1) is 18.1. The second-order valence-corrected chi connectivity index (χ2v) is 9.51. The molecule has 0 aliphatic heterocycles. The van der Waals surface area contributed by atoms with Crippen LogP contribution in [0.3, 0.4) is 0 Å². The fourth-order valence-electron chi connectivity index (χ4n) is 4.92. The monoisotopic (exact) mass is 504 g/mol. The highest BCUT2D eigenvalue weighted by molar-refractivity contribution is 6.32. The molecule has 0 aliphatic rings. The third-order valence-electron chi connectivity index (χ3n) is 6.78. The molecule has 0 aliphatic carbocycles. The van der Waals surface area contributed by atoms with Gasteiger partial charge in [0.05, 0.1) is 22.0 Å². The van der Waals surface area contributed by atoms with Gasteiger partial charge in [0.25, 0.3) is 5.91 Å². The molecule has 0 bridgehead atoms. The average molecular weight is 505 g/mol. The lowest BCUT2D eigenvalue weighted by Crippen LogP contribution is -2.26. The fraction of sp³-hybridized carbons (Fsp3) is 0.121. The van der Waals surface area contributed by atoms with Crippen molar-refractivity contribution in [2.24, 2.45) is 0 Å². The molecule has 184 valence electrons. The van der Waals surface area contributed by atoms with Crippen molar-refractivity contribution in [2.75, 3.05) is 6.54 Å². The third-order valence-corrected chi connectivity index (χ3v) is 7.10. The summed E-state index contributed by atoms with van der Waals surface area (Å²) in [6.45, 7) is 2.53. The number of amides is 1. The molecule has 1 heterocycles. The Labute approximate surface area is 223 Å². The van der Waals surface area contributed by atoms with Gasteiger partial charge in [0.1, 0.15) is 0 Å². The van der Waals surface area contributed by atoms with Gasteiger partial charge in [-0.15, -0.1) is 0 Å². The first-order valence-electron chi connectivity index (χ1n) is 12.5. The Morgan fingerprint density at radius 1 is 0.784 bits per heavy atom. The number of carbonyl (C=O) groups is 1. The molecule has 5 rings (SSSR count). The summed E-state index contributed by atoms with van der Waals surface area (Å²) in [6, 6.07) is 40.7. The van der Waals surface area contributed by atoms with Gasteiger partial charge in [-0.25, -0.2) is 0 Å². The minimum Gasteiger partial charge on any atom is -0.352 e. The molecule has 1 amide bonds. The van der Waals surface area contributed by atoms with E-state index in [0.717, 1.165) is 29.1 Å². The summed E-state index contributed by atoms with van der Waals surface area (Å²) in [6.07, 6.45) is 0.801. The van der Waals surface area contributed by atoms with Gasteiger partial charge in [-0.2, -0.15) is 0 Å². The van der Waals surface area contributed by atoms with Gasteiger partial charge in [0, 0.05) is 18.2 Å². The van der Waals surface area contributed by atoms with Crippen LogP contribution in [0.4, 0.5) is 0 Å². The van der Waals surface area contributed by atoms with Crippen LogP contribution in [0.25, 0.3) is 16.9 Å². The number of aromatic nitrogens is 1. The molecule has 0 unspecified atom stereocenters. The highest BCUT2D eigenvalue weighted by Crippen LogP contribution is 2.33. The smallest absolute Gasteiger partial charge is 0.253 e. The minimum atomic E-state index is -0.0830. The van der Waals surface area contributed by atoms with Crippen LogP contribution >= 0.6 is 11.6 Å². The molecule has 4 heteroatoms. The van der Waals surface area contributed by atoms with Crippen molar-refractivity contribution >= 4 is 17.5 Å². The predicted molar refractivity (Wildman–Crippen MR) is 153 cm³/mol. The van der Waals surface area contributed by atoms with E-state index in [1.54, 1.807) is 0 Å². The van der Waals surface area contributed by atoms with Crippen LogP contribution in [0.1, 0.15) is 39.5 Å². The van der Waals surface area contributed by atoms with Crippen molar-refractivity contribution in [1.82, 2.24) is 9.88 Å². The van der Waals surface area contributed by atoms with Crippen LogP contribution in [-0.4, -0.2) is 17.0 Å². The number of hydrogen-bond acceptors (Lipinski definition) is 1. The van der Waals surface area contributed by atoms with Gasteiger partial charge in [0.15, 0.2) is 0 Å². The number of halogens is 1. The first-order valence-corrected chi connectivity index (χ1v) is 12.9. The largest absolute Gasteiger partial charge is 0.352 e. The molecule has 0 saturated carbocycles. The van der Waals surface area contributed by atoms with Crippen LogP contribution in [0.15, 0.2) is 121 Å². The fourth-order valence-corrected chi connectivity index (χ4v) is 5.14. The van der Waals surface area contributed by atoms with E-state index >= 15 is 0 Å². The maximum atomic E-state index is 13.5. The zero-order chi connectivity index (χ0) is 25.6. The second kappa shape index (κ2) is 11.3. The van der Waals surface area contributed by atoms with Gasteiger partial charge in [-0.3, -0.25) is 4.79 Å². The summed E-state index contributed by atoms with van der Waals surface area (Å²) in [5, 5.41) is 3.82. The normalized spacial score (nSPS) is 11.0. The summed E-state index contributed by atoms with van der Waals surface area (Å²) in [5.74, 6) is 0.122. The first kappa shape index (κ1) is 24.6. The minimum absolute atomic E-state index is 0.0830. The molecule has 1 aromatic heterocycles. The van der Waals surface area contributed by atoms with Crippen molar-refractivity contribution in [3.63, 3.8) is 0 Å². The summed E-state index contributed by atoms with van der Waals surface area (Å²) in [4.78, 5) is 13.5. The highest BCUT2D eigenvalue weighted by atomic mass is 35.5. The molecular weight excluding hydrogens is 476 g/mol. The van der Waals surface area contributed by atoms with Crippen molar-refractivity contribution in [2.45, 2.75) is 19.3 Å². The molecule has 0 fully saturated rings. The molecule has 37 heavy (non-hydrogen) atoms. The number of benzene rings is 4. The third kappa shape index (κ3) is 5.37. The molecule has 0 saturated heterocycles. The van der Waals surface area contributed by atoms with E-state index in [9.17, 15) is 4.79 Å². The van der Waals surface area contributed by atoms with Crippen molar-refractivity contribution in [1.29, 1.82) is 0 Å². The maximum Gasteiger partial charge on any atom is 0.253 e. The molecular formula is C33H29ClN2O. The van der Waals surface area contributed by atoms with Gasteiger partial charge in [0.2, 0.25) is 0 Å². The second-order valence-electron chi connectivity index (χ2n) is 9.10. The molecule has 1 N–H and O–H groups in total. The summed E-state index contributed by atoms with van der Waals surface area (Å²) in [5.41, 5.74) is 6.81. The predicted octanol–water partition coefficient (Wildman–Crippen LogP) is 8.06. The van der Waals surface area contributed by atoms with Crippen LogP contribution in [0.5, 0.6) is 0 Å². The number of hydrogen-bond donors (Lipinski definition) is 1. The van der Waals surface area contributed by atoms with E-state index in [1.165, 1.54) is 11.1 Å². The summed E-state index contributed by atoms with van der Waals surface area (Å²) < 4.78 is 2.07. The Hall–Kier alpha value is -4.08. The Kier molecular flexibility index (Phi) is 7.53. The van der Waals surface area contributed by atoms with Crippen molar-refractivity contribution in [3.8, 4) is 16.9 Å². The average Bonchev–Trinajstić information content (AvgIpc) is 3.29.